The summed E-state index contributed by atoms with van der Waals surface area (Å²) in [5.41, 5.74) is 0.273. The molecule has 0 aliphatic carbocycles. The molecule has 0 unspecified atom stereocenters. The molecular weight excluding hydrogens is 294 g/mol. The van der Waals surface area contributed by atoms with E-state index in [0.717, 1.165) is 44.9 Å². The second-order valence-corrected chi connectivity index (χ2v) is 5.47. The molecule has 0 aliphatic heterocycles. The topological polar surface area (TPSA) is 80.4 Å². The van der Waals surface area contributed by atoms with Gasteiger partial charge in [-0.05, 0) is 44.6 Å². The zero-order chi connectivity index (χ0) is 17.3. The maximum absolute atomic E-state index is 10.9. The first-order chi connectivity index (χ1) is 11.1. The summed E-state index contributed by atoms with van der Waals surface area (Å²) in [4.78, 5) is 21.0. The van der Waals surface area contributed by atoms with E-state index in [1.165, 1.54) is 0 Å². The molecule has 130 valence electrons. The van der Waals surface area contributed by atoms with Gasteiger partial charge in [0.1, 0.15) is 0 Å². The van der Waals surface area contributed by atoms with Crippen LogP contribution >= 0.6 is 0 Å². The van der Waals surface area contributed by atoms with Crippen LogP contribution in [0.4, 0.5) is 0 Å². The Morgan fingerprint density at radius 2 is 1.74 bits per heavy atom. The van der Waals surface area contributed by atoms with Crippen molar-refractivity contribution in [3.05, 3.63) is 46.2 Å². The molecule has 1 N–H and O–H groups in total. The molecule has 0 aromatic heterocycles. The average Bonchev–Trinajstić information content (AvgIpc) is 2.50. The number of aliphatic carboxylic acids is 1. The molecular formula is C18H29NO4. The molecule has 5 nitrogen and oxygen atoms in total. The molecule has 0 saturated carbocycles. The van der Waals surface area contributed by atoms with Gasteiger partial charge in [0, 0.05) is 6.42 Å². The number of allylic oxidation sites excluding steroid dienone is 5. The number of hydrogen-bond donors (Lipinski definition) is 1. The van der Waals surface area contributed by atoms with Crippen LogP contribution in [0.2, 0.25) is 0 Å². The highest BCUT2D eigenvalue weighted by molar-refractivity contribution is 5.66. The predicted octanol–water partition coefficient (Wildman–Crippen LogP) is 5.26. The quantitative estimate of drug-likeness (QED) is 0.204. The summed E-state index contributed by atoms with van der Waals surface area (Å²) < 4.78 is 0. The number of carboxylic acid groups (broad SMARTS) is 1. The summed E-state index contributed by atoms with van der Waals surface area (Å²) in [6.07, 6.45) is 17.3. The van der Waals surface area contributed by atoms with E-state index < -0.39 is 5.97 Å². The molecule has 0 aromatic carbocycles. The van der Waals surface area contributed by atoms with E-state index in [2.05, 4.69) is 6.92 Å². The molecule has 0 radical (unpaired) electrons. The summed E-state index contributed by atoms with van der Waals surface area (Å²) in [5, 5.41) is 19.4. The van der Waals surface area contributed by atoms with E-state index >= 15 is 0 Å². The van der Waals surface area contributed by atoms with Crippen molar-refractivity contribution in [3.8, 4) is 0 Å². The molecule has 0 atom stereocenters. The Bertz CT molecular complexity index is 425. The van der Waals surface area contributed by atoms with Gasteiger partial charge in [-0.2, -0.15) is 0 Å². The van der Waals surface area contributed by atoms with Crippen molar-refractivity contribution < 1.29 is 14.8 Å². The number of carboxylic acids is 1. The van der Waals surface area contributed by atoms with Crippen molar-refractivity contribution in [2.45, 2.75) is 71.1 Å². The fourth-order valence-corrected chi connectivity index (χ4v) is 2.03. The maximum atomic E-state index is 10.9. The minimum absolute atomic E-state index is 0.224. The van der Waals surface area contributed by atoms with Gasteiger partial charge in [-0.15, -0.1) is 0 Å². The standard InChI is InChI=1S/C18H29NO4/c1-2-3-4-11-14-17(19(22)23)15-12-9-7-5-6-8-10-13-16-18(20)21/h5-6,9,12,14H,2-4,7-8,10-11,13,15-16H2,1H3,(H,20,21)/b6-5-,12-9-,17-14+. The third-order valence-electron chi connectivity index (χ3n) is 3.37. The van der Waals surface area contributed by atoms with Gasteiger partial charge in [-0.25, -0.2) is 0 Å². The Morgan fingerprint density at radius 3 is 2.39 bits per heavy atom. The van der Waals surface area contributed by atoms with Gasteiger partial charge < -0.3 is 5.11 Å². The molecule has 0 bridgehead atoms. The summed E-state index contributed by atoms with van der Waals surface area (Å²) >= 11 is 0. The van der Waals surface area contributed by atoms with Crippen LogP contribution in [0.1, 0.15) is 71.1 Å². The minimum atomic E-state index is -0.749. The first-order valence-corrected chi connectivity index (χ1v) is 8.43. The second kappa shape index (κ2) is 15.0. The Hall–Kier alpha value is -1.91. The number of carbonyl (C=O) groups is 1. The van der Waals surface area contributed by atoms with E-state index in [1.54, 1.807) is 6.08 Å². The zero-order valence-electron chi connectivity index (χ0n) is 14.1. The highest BCUT2D eigenvalue weighted by Gasteiger charge is 2.06. The van der Waals surface area contributed by atoms with Crippen molar-refractivity contribution in [1.82, 2.24) is 0 Å². The summed E-state index contributed by atoms with van der Waals surface area (Å²) in [5.74, 6) is -0.749. The van der Waals surface area contributed by atoms with Crippen LogP contribution in [0, 0.1) is 10.1 Å². The molecule has 0 saturated heterocycles. The highest BCUT2D eigenvalue weighted by Crippen LogP contribution is 2.09. The van der Waals surface area contributed by atoms with Crippen molar-refractivity contribution in [2.75, 3.05) is 0 Å². The molecule has 0 aliphatic rings. The maximum Gasteiger partial charge on any atom is 0.303 e. The lowest BCUT2D eigenvalue weighted by molar-refractivity contribution is -0.427. The van der Waals surface area contributed by atoms with Gasteiger partial charge in [0.05, 0.1) is 11.3 Å². The minimum Gasteiger partial charge on any atom is -0.481 e. The molecule has 0 aromatic rings. The fourth-order valence-electron chi connectivity index (χ4n) is 2.03. The van der Waals surface area contributed by atoms with Crippen LogP contribution in [0.15, 0.2) is 36.1 Å². The Labute approximate surface area is 138 Å². The molecule has 0 rings (SSSR count). The number of nitrogens with zero attached hydrogens (tertiary/aromatic N) is 1. The van der Waals surface area contributed by atoms with Crippen LogP contribution in [0.3, 0.4) is 0 Å². The van der Waals surface area contributed by atoms with E-state index in [9.17, 15) is 14.9 Å². The lowest BCUT2D eigenvalue weighted by Gasteiger charge is -1.96. The predicted molar refractivity (Wildman–Crippen MR) is 92.8 cm³/mol. The molecule has 0 spiro atoms. The van der Waals surface area contributed by atoms with Crippen molar-refractivity contribution in [3.63, 3.8) is 0 Å². The largest absolute Gasteiger partial charge is 0.481 e. The van der Waals surface area contributed by atoms with Crippen molar-refractivity contribution in [2.24, 2.45) is 0 Å². The number of rotatable bonds is 14. The van der Waals surface area contributed by atoms with Gasteiger partial charge in [-0.1, -0.05) is 44.1 Å². The lowest BCUT2D eigenvalue weighted by Crippen LogP contribution is -1.97. The molecule has 0 fully saturated rings. The monoisotopic (exact) mass is 323 g/mol. The van der Waals surface area contributed by atoms with Crippen LogP contribution < -0.4 is 0 Å². The Balaban J connectivity index is 3.87. The van der Waals surface area contributed by atoms with Crippen LogP contribution in [0.25, 0.3) is 0 Å². The van der Waals surface area contributed by atoms with E-state index in [1.807, 2.05) is 24.3 Å². The smallest absolute Gasteiger partial charge is 0.303 e. The SMILES string of the molecule is CCCCC/C=C(\C/C=C\C/C=C\CCCCC(=O)O)[N+](=O)[O-]. The third kappa shape index (κ3) is 14.8. The number of unbranched alkanes of at least 4 members (excludes halogenated alkanes) is 5. The summed E-state index contributed by atoms with van der Waals surface area (Å²) in [6.45, 7) is 2.11. The molecule has 5 heteroatoms. The first-order valence-electron chi connectivity index (χ1n) is 8.43. The van der Waals surface area contributed by atoms with Gasteiger partial charge >= 0.3 is 5.97 Å². The van der Waals surface area contributed by atoms with Crippen LogP contribution in [-0.2, 0) is 4.79 Å². The summed E-state index contributed by atoms with van der Waals surface area (Å²) in [6, 6.07) is 0. The van der Waals surface area contributed by atoms with Crippen molar-refractivity contribution >= 4 is 5.97 Å². The Kier molecular flexibility index (Phi) is 13.8. The van der Waals surface area contributed by atoms with E-state index in [0.29, 0.717) is 12.8 Å². The highest BCUT2D eigenvalue weighted by atomic mass is 16.6. The summed E-state index contributed by atoms with van der Waals surface area (Å²) in [7, 11) is 0. The second-order valence-electron chi connectivity index (χ2n) is 5.47. The number of nitro groups is 1. The third-order valence-corrected chi connectivity index (χ3v) is 3.37. The van der Waals surface area contributed by atoms with Crippen LogP contribution in [0.5, 0.6) is 0 Å². The lowest BCUT2D eigenvalue weighted by atomic mass is 10.1. The van der Waals surface area contributed by atoms with Crippen molar-refractivity contribution in [1.29, 1.82) is 0 Å². The zero-order valence-corrected chi connectivity index (χ0v) is 14.1. The number of hydrogen-bond acceptors (Lipinski definition) is 3. The first kappa shape index (κ1) is 21.1. The molecule has 0 heterocycles. The molecule has 0 amide bonds. The van der Waals surface area contributed by atoms with Crippen LogP contribution in [-0.4, -0.2) is 16.0 Å². The normalized spacial score (nSPS) is 12.3. The Morgan fingerprint density at radius 1 is 1.04 bits per heavy atom. The van der Waals surface area contributed by atoms with E-state index in [-0.39, 0.29) is 17.0 Å². The van der Waals surface area contributed by atoms with Gasteiger partial charge in [-0.3, -0.25) is 14.9 Å². The van der Waals surface area contributed by atoms with Gasteiger partial charge in [0.15, 0.2) is 0 Å². The van der Waals surface area contributed by atoms with Gasteiger partial charge in [0.25, 0.3) is 0 Å². The molecule has 23 heavy (non-hydrogen) atoms. The fraction of sp³-hybridized carbons (Fsp3) is 0.611. The van der Waals surface area contributed by atoms with Gasteiger partial charge in [0.2, 0.25) is 5.70 Å². The van der Waals surface area contributed by atoms with E-state index in [4.69, 9.17) is 5.11 Å². The average molecular weight is 323 g/mol.